The number of pyridine rings is 1. The van der Waals surface area contributed by atoms with E-state index in [1.165, 1.54) is 43.5 Å². The van der Waals surface area contributed by atoms with Crippen LogP contribution in [0.3, 0.4) is 0 Å². The molecule has 2 amide bonds. The zero-order chi connectivity index (χ0) is 16.8. The number of urea groups is 1. The molecule has 1 aromatic heterocycles. The van der Waals surface area contributed by atoms with E-state index in [-0.39, 0.29) is 46.5 Å². The molecule has 9 heteroatoms. The summed E-state index contributed by atoms with van der Waals surface area (Å²) in [4.78, 5) is 26.8. The number of aromatic nitrogens is 1. The fraction of sp³-hybridized carbons (Fsp3) is 0.0667. The number of hydrogen-bond acceptors (Lipinski definition) is 5. The summed E-state index contributed by atoms with van der Waals surface area (Å²) < 4.78 is 13.0. The van der Waals surface area contributed by atoms with Crippen molar-refractivity contribution in [1.82, 2.24) is 10.4 Å². The molecule has 7 nitrogen and oxygen atoms in total. The van der Waals surface area contributed by atoms with Crippen LogP contribution in [-0.2, 0) is 0 Å². The Labute approximate surface area is 159 Å². The summed E-state index contributed by atoms with van der Waals surface area (Å²) in [6, 6.07) is 7.25. The van der Waals surface area contributed by atoms with Gasteiger partial charge in [0.1, 0.15) is 11.5 Å². The van der Waals surface area contributed by atoms with Gasteiger partial charge in [-0.05, 0) is 24.3 Å². The van der Waals surface area contributed by atoms with Gasteiger partial charge >= 0.3 is 35.6 Å². The molecule has 1 heterocycles. The average molecular weight is 338 g/mol. The predicted molar refractivity (Wildman–Crippen MR) is 79.3 cm³/mol. The molecular weight excluding hydrogens is 326 g/mol. The normalized spacial score (nSPS) is 10.5. The molecule has 0 fully saturated rings. The number of benzene rings is 1. The third-order valence-electron chi connectivity index (χ3n) is 2.71. The van der Waals surface area contributed by atoms with Crippen LogP contribution >= 0.6 is 0 Å². The Morgan fingerprint density at radius 3 is 2.67 bits per heavy atom. The number of rotatable bonds is 4. The summed E-state index contributed by atoms with van der Waals surface area (Å²) in [5.74, 6) is -1.73. The van der Waals surface area contributed by atoms with Crippen molar-refractivity contribution in [3.05, 3.63) is 59.7 Å². The largest absolute Gasteiger partial charge is 1.00 e. The molecule has 0 saturated heterocycles. The van der Waals surface area contributed by atoms with Crippen LogP contribution in [-0.4, -0.2) is 22.7 Å². The van der Waals surface area contributed by atoms with Crippen LogP contribution in [0.5, 0.6) is 0 Å². The van der Waals surface area contributed by atoms with Gasteiger partial charge in [-0.15, -0.1) is 0 Å². The first kappa shape index (κ1) is 19.8. The summed E-state index contributed by atoms with van der Waals surface area (Å²) in [5, 5.41) is 17.6. The van der Waals surface area contributed by atoms with Crippen LogP contribution in [0.4, 0.5) is 14.9 Å². The van der Waals surface area contributed by atoms with E-state index in [9.17, 15) is 19.1 Å². The summed E-state index contributed by atoms with van der Waals surface area (Å²) >= 11 is 0. The number of anilines is 1. The van der Waals surface area contributed by atoms with Crippen molar-refractivity contribution in [2.24, 2.45) is 5.10 Å². The van der Waals surface area contributed by atoms with E-state index in [0.29, 0.717) is 0 Å². The molecule has 0 atom stereocenters. The Bertz CT molecular complexity index is 783. The first-order valence-electron chi connectivity index (χ1n) is 6.51. The third kappa shape index (κ3) is 5.41. The van der Waals surface area contributed by atoms with Crippen molar-refractivity contribution in [3.63, 3.8) is 0 Å². The molecule has 0 spiro atoms. The van der Waals surface area contributed by atoms with E-state index in [1.54, 1.807) is 0 Å². The van der Waals surface area contributed by atoms with E-state index in [2.05, 4.69) is 15.4 Å². The molecule has 0 aliphatic rings. The van der Waals surface area contributed by atoms with Gasteiger partial charge in [-0.3, -0.25) is 9.78 Å². The third-order valence-corrected chi connectivity index (χ3v) is 2.71. The minimum atomic E-state index is -0.822. The second kappa shape index (κ2) is 9.11. The van der Waals surface area contributed by atoms with E-state index in [4.69, 9.17) is 0 Å². The van der Waals surface area contributed by atoms with Crippen LogP contribution < -0.4 is 45.4 Å². The van der Waals surface area contributed by atoms with Gasteiger partial charge in [-0.2, -0.15) is 5.10 Å². The summed E-state index contributed by atoms with van der Waals surface area (Å²) in [6.07, 6.45) is 1.37. The van der Waals surface area contributed by atoms with Gasteiger partial charge in [0.05, 0.1) is 0 Å². The number of hydrogen-bond donors (Lipinski definition) is 2. The van der Waals surface area contributed by atoms with Crippen molar-refractivity contribution < 1.29 is 48.6 Å². The molecule has 0 saturated carbocycles. The van der Waals surface area contributed by atoms with E-state index in [0.717, 1.165) is 6.07 Å². The van der Waals surface area contributed by atoms with Crippen LogP contribution in [0.2, 0.25) is 0 Å². The Kier molecular flexibility index (Phi) is 7.50. The van der Waals surface area contributed by atoms with Gasteiger partial charge in [0, 0.05) is 30.3 Å². The van der Waals surface area contributed by atoms with Crippen LogP contribution in [0.25, 0.3) is 0 Å². The maximum atomic E-state index is 13.0. The van der Waals surface area contributed by atoms with Gasteiger partial charge < -0.3 is 10.4 Å². The second-order valence-electron chi connectivity index (χ2n) is 4.45. The number of nitrogens with zero attached hydrogens (tertiary/aromatic N) is 2. The Morgan fingerprint density at radius 1 is 1.25 bits per heavy atom. The van der Waals surface area contributed by atoms with Crippen LogP contribution in [0.15, 0.2) is 47.7 Å². The number of carbonyl (C=O) groups is 2. The zero-order valence-electron chi connectivity index (χ0n) is 13.0. The average Bonchev–Trinajstić information content (AvgIpc) is 2.52. The van der Waals surface area contributed by atoms with E-state index < -0.39 is 23.5 Å². The molecule has 2 rings (SSSR count). The molecule has 0 aliphatic carbocycles. The SMILES string of the molecule is CC(=O)c1ncccc1C([O-])=NNC(=O)Nc1cccc(F)c1.[Na+]. The van der Waals surface area contributed by atoms with Crippen molar-refractivity contribution in [2.45, 2.75) is 6.92 Å². The molecule has 2 aromatic rings. The topological polar surface area (TPSA) is 107 Å². The van der Waals surface area contributed by atoms with Crippen molar-refractivity contribution in [2.75, 3.05) is 5.32 Å². The molecule has 118 valence electrons. The fourth-order valence-electron chi connectivity index (χ4n) is 1.75. The molecular formula is C15H12FN4NaO3. The minimum Gasteiger partial charge on any atom is -0.857 e. The van der Waals surface area contributed by atoms with E-state index in [1.807, 2.05) is 5.43 Å². The first-order chi connectivity index (χ1) is 11.0. The number of carbonyl (C=O) groups excluding carboxylic acids is 2. The quantitative estimate of drug-likeness (QED) is 0.227. The fourth-order valence-corrected chi connectivity index (χ4v) is 1.75. The monoisotopic (exact) mass is 338 g/mol. The summed E-state index contributed by atoms with van der Waals surface area (Å²) in [7, 11) is 0. The molecule has 0 radical (unpaired) electrons. The Balaban J connectivity index is 0.00000288. The first-order valence-corrected chi connectivity index (χ1v) is 6.51. The Hall–Kier alpha value is -2.29. The molecule has 1 aromatic carbocycles. The van der Waals surface area contributed by atoms with Crippen molar-refractivity contribution >= 4 is 23.4 Å². The number of hydrazone groups is 1. The Morgan fingerprint density at radius 2 is 2.00 bits per heavy atom. The molecule has 2 N–H and O–H groups in total. The maximum Gasteiger partial charge on any atom is 1.00 e. The standard InChI is InChI=1S/C15H13FN4O3.Na/c1-9(21)13-12(6-3-7-17-13)14(22)19-20-15(23)18-11-5-2-4-10(16)8-11;/h2-8H,1H3,(H,19,22)(H2,18,20,23);/q;+1/p-1. The predicted octanol–water partition coefficient (Wildman–Crippen LogP) is -1.73. The summed E-state index contributed by atoms with van der Waals surface area (Å²) in [5.41, 5.74) is 2.13. The molecule has 0 aliphatic heterocycles. The molecule has 0 unspecified atom stereocenters. The maximum absolute atomic E-state index is 13.0. The number of Topliss-reactive ketones (excluding diaryl/α,β-unsaturated/α-hetero) is 1. The van der Waals surface area contributed by atoms with Crippen molar-refractivity contribution in [3.8, 4) is 0 Å². The van der Waals surface area contributed by atoms with Gasteiger partial charge in [0.15, 0.2) is 5.78 Å². The van der Waals surface area contributed by atoms with E-state index >= 15 is 0 Å². The van der Waals surface area contributed by atoms with Crippen LogP contribution in [0.1, 0.15) is 23.0 Å². The summed E-state index contributed by atoms with van der Waals surface area (Å²) in [6.45, 7) is 1.27. The smallest absolute Gasteiger partial charge is 0.857 e. The van der Waals surface area contributed by atoms with Gasteiger partial charge in [-0.25, -0.2) is 14.6 Å². The zero-order valence-corrected chi connectivity index (χ0v) is 15.0. The van der Waals surface area contributed by atoms with Gasteiger partial charge in [0.2, 0.25) is 0 Å². The number of amides is 2. The van der Waals surface area contributed by atoms with Crippen LogP contribution in [0, 0.1) is 5.82 Å². The minimum absolute atomic E-state index is 0. The second-order valence-corrected chi connectivity index (χ2v) is 4.45. The van der Waals surface area contributed by atoms with Gasteiger partial charge in [0.25, 0.3) is 0 Å². The molecule has 24 heavy (non-hydrogen) atoms. The van der Waals surface area contributed by atoms with Gasteiger partial charge in [-0.1, -0.05) is 12.1 Å². The number of ketones is 1. The number of nitrogens with one attached hydrogen (secondary N) is 2. The molecule has 0 bridgehead atoms. The number of halogens is 1. The van der Waals surface area contributed by atoms with Crippen molar-refractivity contribution in [1.29, 1.82) is 0 Å².